The zero-order chi connectivity index (χ0) is 16.1. The summed E-state index contributed by atoms with van der Waals surface area (Å²) in [5, 5.41) is 0. The van der Waals surface area contributed by atoms with Gasteiger partial charge in [-0.3, -0.25) is 0 Å². The minimum absolute atomic E-state index is 0. The number of allylic oxidation sites excluding steroid dienone is 8. The molecule has 4 heteroatoms. The molecule has 0 unspecified atom stereocenters. The van der Waals surface area contributed by atoms with E-state index in [1.54, 1.807) is 8.85 Å². The molecule has 0 heterocycles. The van der Waals surface area contributed by atoms with E-state index < -0.39 is 17.4 Å². The number of halogens is 2. The second kappa shape index (κ2) is 10.7. The molecule has 0 aliphatic heterocycles. The van der Waals surface area contributed by atoms with Gasteiger partial charge in [0.2, 0.25) is 0 Å². The predicted molar refractivity (Wildman–Crippen MR) is 115 cm³/mol. The van der Waals surface area contributed by atoms with Crippen LogP contribution in [0.3, 0.4) is 0 Å². The van der Waals surface area contributed by atoms with Crippen LogP contribution in [0.1, 0.15) is 64.7 Å². The smallest absolute Gasteiger partial charge is 0.147 e. The first kappa shape index (κ1) is 24.6. The maximum absolute atomic E-state index is 2.77. The monoisotopic (exact) mass is 464 g/mol. The third-order valence-corrected chi connectivity index (χ3v) is 22.9. The minimum atomic E-state index is -2.77. The van der Waals surface area contributed by atoms with Gasteiger partial charge in [0.25, 0.3) is 0 Å². The standard InChI is InChI=1S/C13H21.C5H5.2CH3.2ClH.H2Si.Zr/c1-2-3-4-5-6-7-10-13-11-8-9-12-13;1-2-4-5-3-1;;;;;;/h11-12H,2-8,10H2,1H3;1-3H,4H2;2*1H3;2*1H;1H2;. The Morgan fingerprint density at radius 3 is 2.25 bits per heavy atom. The van der Waals surface area contributed by atoms with E-state index in [0.29, 0.717) is 0 Å². The van der Waals surface area contributed by atoms with Crippen molar-refractivity contribution in [3.63, 3.8) is 0 Å². The van der Waals surface area contributed by atoms with Crippen LogP contribution in [-0.4, -0.2) is 6.88 Å². The average Bonchev–Trinajstić information content (AvgIpc) is 3.13. The van der Waals surface area contributed by atoms with Crippen molar-refractivity contribution < 1.29 is 17.4 Å². The van der Waals surface area contributed by atoms with E-state index in [4.69, 9.17) is 0 Å². The molecule has 138 valence electrons. The first-order chi connectivity index (χ1) is 10.4. The van der Waals surface area contributed by atoms with Gasteiger partial charge in [-0.25, -0.2) is 0 Å². The molecule has 0 saturated heterocycles. The molecule has 0 N–H and O–H groups in total. The van der Waals surface area contributed by atoms with Crippen molar-refractivity contribution >= 4 is 31.7 Å². The van der Waals surface area contributed by atoms with Gasteiger partial charge >= 0.3 is 141 Å². The van der Waals surface area contributed by atoms with E-state index in [9.17, 15) is 0 Å². The fraction of sp³-hybridized carbons (Fsp3) is 0.600. The Kier molecular flexibility index (Phi) is 11.0. The van der Waals surface area contributed by atoms with Crippen molar-refractivity contribution in [3.05, 3.63) is 42.5 Å². The zero-order valence-corrected chi connectivity index (χ0v) is 21.3. The van der Waals surface area contributed by atoms with Crippen LogP contribution in [0.25, 0.3) is 0 Å². The van der Waals surface area contributed by atoms with Crippen LogP contribution < -0.4 is 0 Å². The Balaban J connectivity index is 0.00000264. The number of hydrogen-bond acceptors (Lipinski definition) is 0. The molecule has 24 heavy (non-hydrogen) atoms. The van der Waals surface area contributed by atoms with Crippen LogP contribution in [0.2, 0.25) is 9.26 Å². The molecule has 0 aromatic rings. The maximum Gasteiger partial charge on any atom is -0.147 e. The van der Waals surface area contributed by atoms with Gasteiger partial charge in [-0.2, -0.15) is 0 Å². The largest absolute Gasteiger partial charge is 0.147 e. The SMILES string of the molecule is CCCCCCCCC1=CC[C]([Zr]([CH3])([CH3])(=[SiH2])[C]2=CC=CC2)=C1.Cl.Cl. The first-order valence-corrected chi connectivity index (χ1v) is 22.6. The summed E-state index contributed by atoms with van der Waals surface area (Å²) in [6.45, 7) is 4.66. The van der Waals surface area contributed by atoms with Gasteiger partial charge in [-0.1, -0.05) is 0 Å². The van der Waals surface area contributed by atoms with Crippen LogP contribution >= 0.6 is 24.8 Å². The third kappa shape index (κ3) is 6.42. The second-order valence-electron chi connectivity index (χ2n) is 8.18. The fourth-order valence-electron chi connectivity index (χ4n) is 3.67. The Bertz CT molecular complexity index is 591. The molecular formula is C20H36Cl2SiZr. The van der Waals surface area contributed by atoms with E-state index in [0.717, 1.165) is 0 Å². The van der Waals surface area contributed by atoms with E-state index in [1.165, 1.54) is 57.8 Å². The number of unbranched alkanes of at least 4 members (excludes halogenated alkanes) is 5. The zero-order valence-electron chi connectivity index (χ0n) is 15.8. The Labute approximate surface area is 164 Å². The minimum Gasteiger partial charge on any atom is -0.147 e. The van der Waals surface area contributed by atoms with Crippen LogP contribution in [0.15, 0.2) is 42.5 Å². The topological polar surface area (TPSA) is 0 Å². The molecule has 0 atom stereocenters. The summed E-state index contributed by atoms with van der Waals surface area (Å²) in [4.78, 5) is 0. The van der Waals surface area contributed by atoms with Gasteiger partial charge < -0.3 is 0 Å². The summed E-state index contributed by atoms with van der Waals surface area (Å²) in [5.74, 6) is 0. The molecule has 0 bridgehead atoms. The van der Waals surface area contributed by atoms with E-state index in [-0.39, 0.29) is 24.8 Å². The second-order valence-corrected chi connectivity index (χ2v) is 37.1. The molecule has 0 spiro atoms. The summed E-state index contributed by atoms with van der Waals surface area (Å²) >= 11 is -2.77. The summed E-state index contributed by atoms with van der Waals surface area (Å²) in [6.07, 6.45) is 24.3. The summed E-state index contributed by atoms with van der Waals surface area (Å²) in [5.41, 5.74) is 1.63. The van der Waals surface area contributed by atoms with Crippen molar-refractivity contribution in [3.8, 4) is 0 Å². The van der Waals surface area contributed by atoms with Crippen molar-refractivity contribution in [2.45, 2.75) is 74.0 Å². The van der Waals surface area contributed by atoms with Crippen molar-refractivity contribution in [2.24, 2.45) is 0 Å². The Morgan fingerprint density at radius 1 is 0.958 bits per heavy atom. The summed E-state index contributed by atoms with van der Waals surface area (Å²) in [6, 6.07) is 0. The number of rotatable bonds is 9. The van der Waals surface area contributed by atoms with E-state index in [2.05, 4.69) is 53.4 Å². The normalized spacial score (nSPS) is 16.9. The number of hydrogen-bond donors (Lipinski definition) is 0. The molecule has 0 radical (unpaired) electrons. The Hall–Kier alpha value is 0.640. The summed E-state index contributed by atoms with van der Waals surface area (Å²) in [7, 11) is 0. The van der Waals surface area contributed by atoms with Crippen LogP contribution in [-0.2, 0) is 17.4 Å². The molecule has 0 aromatic heterocycles. The molecule has 2 aliphatic carbocycles. The molecule has 0 nitrogen and oxygen atoms in total. The van der Waals surface area contributed by atoms with Gasteiger partial charge in [0.05, 0.1) is 0 Å². The average molecular weight is 467 g/mol. The molecular weight excluding hydrogens is 430 g/mol. The molecule has 2 rings (SSSR count). The first-order valence-electron chi connectivity index (χ1n) is 9.26. The predicted octanol–water partition coefficient (Wildman–Crippen LogP) is 6.97. The quantitative estimate of drug-likeness (QED) is 0.254. The van der Waals surface area contributed by atoms with Crippen molar-refractivity contribution in [1.29, 1.82) is 0 Å². The molecule has 0 amide bonds. The van der Waals surface area contributed by atoms with Gasteiger partial charge in [-0.05, 0) is 0 Å². The van der Waals surface area contributed by atoms with E-state index >= 15 is 0 Å². The van der Waals surface area contributed by atoms with Gasteiger partial charge in [0, 0.05) is 0 Å². The van der Waals surface area contributed by atoms with Gasteiger partial charge in [0.1, 0.15) is 0 Å². The third-order valence-electron chi connectivity index (χ3n) is 5.59. The van der Waals surface area contributed by atoms with Crippen LogP contribution in [0.5, 0.6) is 0 Å². The molecule has 0 aromatic carbocycles. The van der Waals surface area contributed by atoms with Crippen LogP contribution in [0, 0.1) is 0 Å². The van der Waals surface area contributed by atoms with Crippen molar-refractivity contribution in [2.75, 3.05) is 0 Å². The van der Waals surface area contributed by atoms with Crippen LogP contribution in [0.4, 0.5) is 0 Å². The van der Waals surface area contributed by atoms with Crippen molar-refractivity contribution in [1.82, 2.24) is 0 Å². The fourth-order valence-corrected chi connectivity index (χ4v) is 14.6. The van der Waals surface area contributed by atoms with E-state index in [1.807, 2.05) is 3.28 Å². The molecule has 0 fully saturated rings. The maximum atomic E-state index is 2.63. The molecule has 0 saturated carbocycles. The van der Waals surface area contributed by atoms with Gasteiger partial charge in [-0.15, -0.1) is 24.8 Å². The summed E-state index contributed by atoms with van der Waals surface area (Å²) < 4.78 is 8.86. The Morgan fingerprint density at radius 2 is 1.62 bits per heavy atom. The van der Waals surface area contributed by atoms with Gasteiger partial charge in [0.15, 0.2) is 0 Å². The molecule has 2 aliphatic rings.